The van der Waals surface area contributed by atoms with E-state index in [2.05, 4.69) is 15.4 Å². The molecule has 2 heterocycles. The molecule has 0 saturated carbocycles. The molecule has 0 aromatic carbocycles. The van der Waals surface area contributed by atoms with Crippen molar-refractivity contribution < 1.29 is 4.79 Å². The normalized spacial score (nSPS) is 10.6. The number of amides is 1. The molecule has 20 heavy (non-hydrogen) atoms. The summed E-state index contributed by atoms with van der Waals surface area (Å²) >= 11 is 1.47. The van der Waals surface area contributed by atoms with Gasteiger partial charge in [0.15, 0.2) is 0 Å². The first-order valence-corrected chi connectivity index (χ1v) is 7.68. The maximum atomic E-state index is 12.2. The van der Waals surface area contributed by atoms with Gasteiger partial charge in [0.25, 0.3) is 5.91 Å². The van der Waals surface area contributed by atoms with E-state index in [9.17, 15) is 4.79 Å². The van der Waals surface area contributed by atoms with Crippen LogP contribution in [0.3, 0.4) is 0 Å². The largest absolute Gasteiger partial charge is 0.348 e. The van der Waals surface area contributed by atoms with Gasteiger partial charge in [-0.1, -0.05) is 0 Å². The highest BCUT2D eigenvalue weighted by atomic mass is 32.2. The molecular weight excluding hydrogens is 272 g/mol. The van der Waals surface area contributed by atoms with E-state index in [1.165, 1.54) is 11.8 Å². The van der Waals surface area contributed by atoms with E-state index in [-0.39, 0.29) is 5.91 Å². The fraction of sp³-hybridized carbons (Fsp3) is 0.357. The third-order valence-corrected chi connectivity index (χ3v) is 3.73. The van der Waals surface area contributed by atoms with E-state index in [1.54, 1.807) is 18.3 Å². The summed E-state index contributed by atoms with van der Waals surface area (Å²) in [6.45, 7) is 5.29. The van der Waals surface area contributed by atoms with E-state index in [4.69, 9.17) is 0 Å². The highest BCUT2D eigenvalue weighted by molar-refractivity contribution is 7.98. The lowest BCUT2D eigenvalue weighted by Gasteiger charge is -2.07. The Balaban J connectivity index is 2.06. The van der Waals surface area contributed by atoms with E-state index in [1.807, 2.05) is 31.0 Å². The Morgan fingerprint density at radius 3 is 2.95 bits per heavy atom. The molecule has 6 heteroatoms. The van der Waals surface area contributed by atoms with E-state index < -0.39 is 0 Å². The Labute approximate surface area is 122 Å². The first-order chi connectivity index (χ1) is 9.65. The lowest BCUT2D eigenvalue weighted by Crippen LogP contribution is -2.23. The van der Waals surface area contributed by atoms with Crippen LogP contribution in [-0.4, -0.2) is 26.9 Å². The first kappa shape index (κ1) is 14.6. The number of rotatable bonds is 5. The zero-order valence-corrected chi connectivity index (χ0v) is 12.7. The number of hydrogen-bond donors (Lipinski definition) is 1. The molecule has 0 aliphatic carbocycles. The van der Waals surface area contributed by atoms with Gasteiger partial charge >= 0.3 is 0 Å². The molecular formula is C14H18N4OS. The van der Waals surface area contributed by atoms with Gasteiger partial charge in [-0.2, -0.15) is 5.10 Å². The summed E-state index contributed by atoms with van der Waals surface area (Å²) in [5.74, 6) is -0.105. The van der Waals surface area contributed by atoms with Crippen molar-refractivity contribution in [3.8, 4) is 0 Å². The third-order valence-electron chi connectivity index (χ3n) is 3.02. The molecule has 0 atom stereocenters. The van der Waals surface area contributed by atoms with Crippen LogP contribution in [0.2, 0.25) is 0 Å². The van der Waals surface area contributed by atoms with Gasteiger partial charge in [0, 0.05) is 31.0 Å². The van der Waals surface area contributed by atoms with Crippen molar-refractivity contribution in [3.05, 3.63) is 41.3 Å². The van der Waals surface area contributed by atoms with Crippen LogP contribution in [-0.2, 0) is 13.1 Å². The summed E-state index contributed by atoms with van der Waals surface area (Å²) in [7, 11) is 0. The minimum atomic E-state index is -0.105. The fourth-order valence-electron chi connectivity index (χ4n) is 1.89. The van der Waals surface area contributed by atoms with Crippen molar-refractivity contribution in [2.24, 2.45) is 0 Å². The number of nitrogens with one attached hydrogen (secondary N) is 1. The van der Waals surface area contributed by atoms with Gasteiger partial charge in [-0.25, -0.2) is 4.98 Å². The van der Waals surface area contributed by atoms with Crippen molar-refractivity contribution in [2.75, 3.05) is 6.26 Å². The van der Waals surface area contributed by atoms with Crippen molar-refractivity contribution in [3.63, 3.8) is 0 Å². The van der Waals surface area contributed by atoms with Crippen molar-refractivity contribution in [2.45, 2.75) is 32.0 Å². The monoisotopic (exact) mass is 290 g/mol. The van der Waals surface area contributed by atoms with Gasteiger partial charge in [-0.05, 0) is 32.2 Å². The van der Waals surface area contributed by atoms with Gasteiger partial charge in [0.1, 0.15) is 5.03 Å². The zero-order valence-electron chi connectivity index (χ0n) is 11.9. The lowest BCUT2D eigenvalue weighted by molar-refractivity contribution is 0.0947. The molecule has 106 valence electrons. The number of nitrogens with zero attached hydrogens (tertiary/aromatic N) is 3. The highest BCUT2D eigenvalue weighted by Gasteiger charge is 2.12. The predicted octanol–water partition coefficient (Wildman–Crippen LogP) is 2.26. The number of carbonyl (C=O) groups is 1. The quantitative estimate of drug-likeness (QED) is 0.858. The topological polar surface area (TPSA) is 59.8 Å². The Bertz CT molecular complexity index is 609. The van der Waals surface area contributed by atoms with Crippen LogP contribution in [0.4, 0.5) is 0 Å². The number of aromatic nitrogens is 3. The molecule has 1 N–H and O–H groups in total. The van der Waals surface area contributed by atoms with Crippen LogP contribution >= 0.6 is 11.8 Å². The van der Waals surface area contributed by atoms with Crippen LogP contribution in [0.1, 0.15) is 28.5 Å². The maximum absolute atomic E-state index is 12.2. The number of carbonyl (C=O) groups excluding carboxylic acids is 1. The molecule has 5 nitrogen and oxygen atoms in total. The first-order valence-electron chi connectivity index (χ1n) is 6.45. The van der Waals surface area contributed by atoms with Crippen LogP contribution in [0.25, 0.3) is 0 Å². The molecule has 2 aromatic rings. The Kier molecular flexibility index (Phi) is 4.79. The zero-order chi connectivity index (χ0) is 14.5. The molecule has 0 radical (unpaired) electrons. The van der Waals surface area contributed by atoms with Gasteiger partial charge in [-0.3, -0.25) is 9.48 Å². The average molecular weight is 290 g/mol. The lowest BCUT2D eigenvalue weighted by atomic mass is 10.2. The average Bonchev–Trinajstić information content (AvgIpc) is 2.85. The molecule has 1 amide bonds. The Hall–Kier alpha value is -1.82. The summed E-state index contributed by atoms with van der Waals surface area (Å²) in [5.41, 5.74) is 2.60. The molecule has 0 saturated heterocycles. The van der Waals surface area contributed by atoms with Crippen LogP contribution in [0, 0.1) is 6.92 Å². The summed E-state index contributed by atoms with van der Waals surface area (Å²) in [4.78, 5) is 16.4. The second-order valence-electron chi connectivity index (χ2n) is 4.34. The summed E-state index contributed by atoms with van der Waals surface area (Å²) < 4.78 is 1.87. The van der Waals surface area contributed by atoms with E-state index in [0.29, 0.717) is 12.1 Å². The maximum Gasteiger partial charge on any atom is 0.254 e. The second-order valence-corrected chi connectivity index (χ2v) is 5.13. The molecule has 2 rings (SSSR count). The SMILES string of the molecule is CCn1cc(CNC(=O)c2cccnc2SC)c(C)n1. The van der Waals surface area contributed by atoms with Gasteiger partial charge < -0.3 is 5.32 Å². The smallest absolute Gasteiger partial charge is 0.254 e. The summed E-state index contributed by atoms with van der Waals surface area (Å²) in [6.07, 6.45) is 5.57. The minimum Gasteiger partial charge on any atom is -0.348 e. The molecule has 0 spiro atoms. The van der Waals surface area contributed by atoms with Crippen molar-refractivity contribution in [1.82, 2.24) is 20.1 Å². The van der Waals surface area contributed by atoms with Crippen LogP contribution in [0.15, 0.2) is 29.6 Å². The number of pyridine rings is 1. The van der Waals surface area contributed by atoms with Gasteiger partial charge in [0.05, 0.1) is 11.3 Å². The Morgan fingerprint density at radius 2 is 2.30 bits per heavy atom. The van der Waals surface area contributed by atoms with E-state index >= 15 is 0 Å². The van der Waals surface area contributed by atoms with Crippen LogP contribution < -0.4 is 5.32 Å². The minimum absolute atomic E-state index is 0.105. The van der Waals surface area contributed by atoms with E-state index in [0.717, 1.165) is 22.8 Å². The summed E-state index contributed by atoms with van der Waals surface area (Å²) in [5, 5.41) is 8.03. The molecule has 0 aliphatic rings. The van der Waals surface area contributed by atoms with Gasteiger partial charge in [-0.15, -0.1) is 11.8 Å². The predicted molar refractivity (Wildman–Crippen MR) is 79.8 cm³/mol. The highest BCUT2D eigenvalue weighted by Crippen LogP contribution is 2.16. The standard InChI is InChI=1S/C14H18N4OS/c1-4-18-9-11(10(2)17-18)8-16-13(19)12-6-5-7-15-14(12)20-3/h5-7,9H,4,8H2,1-3H3,(H,16,19). The summed E-state index contributed by atoms with van der Waals surface area (Å²) in [6, 6.07) is 3.56. The third kappa shape index (κ3) is 3.19. The molecule has 0 bridgehead atoms. The van der Waals surface area contributed by atoms with Crippen molar-refractivity contribution in [1.29, 1.82) is 0 Å². The number of thioether (sulfide) groups is 1. The van der Waals surface area contributed by atoms with Crippen LogP contribution in [0.5, 0.6) is 0 Å². The molecule has 0 unspecified atom stereocenters. The van der Waals surface area contributed by atoms with Crippen molar-refractivity contribution >= 4 is 17.7 Å². The number of aryl methyl sites for hydroxylation is 2. The second kappa shape index (κ2) is 6.56. The number of hydrogen-bond acceptors (Lipinski definition) is 4. The molecule has 0 aliphatic heterocycles. The fourth-order valence-corrected chi connectivity index (χ4v) is 2.44. The Morgan fingerprint density at radius 1 is 1.50 bits per heavy atom. The molecule has 0 fully saturated rings. The molecule has 2 aromatic heterocycles. The van der Waals surface area contributed by atoms with Gasteiger partial charge in [0.2, 0.25) is 0 Å².